The first-order chi connectivity index (χ1) is 8.64. The van der Waals surface area contributed by atoms with E-state index >= 15 is 0 Å². The molecule has 1 aromatic heterocycles. The highest BCUT2D eigenvalue weighted by atomic mass is 32.1. The molecule has 2 aromatic rings. The van der Waals surface area contributed by atoms with Crippen LogP contribution in [0.5, 0.6) is 0 Å². The summed E-state index contributed by atoms with van der Waals surface area (Å²) in [7, 11) is 0. The van der Waals surface area contributed by atoms with Gasteiger partial charge in [0.15, 0.2) is 0 Å². The maximum absolute atomic E-state index is 13.2. The molecule has 0 aliphatic heterocycles. The second-order valence-electron chi connectivity index (χ2n) is 4.64. The van der Waals surface area contributed by atoms with Gasteiger partial charge in [-0.25, -0.2) is 9.37 Å². The van der Waals surface area contributed by atoms with Crippen LogP contribution in [-0.2, 0) is 5.41 Å². The molecule has 0 unspecified atom stereocenters. The standard InChI is InChI=1S/C14H11FN2S/c1-9-12(14(8-16)5-6-14)18-13(17-9)10-3-2-4-11(15)7-10/h2-4,7H,5-6H2,1H3. The van der Waals surface area contributed by atoms with Crippen LogP contribution in [0.25, 0.3) is 10.6 Å². The van der Waals surface area contributed by atoms with E-state index in [0.717, 1.165) is 34.0 Å². The van der Waals surface area contributed by atoms with E-state index in [9.17, 15) is 9.65 Å². The van der Waals surface area contributed by atoms with Crippen molar-refractivity contribution in [2.45, 2.75) is 25.2 Å². The predicted molar refractivity (Wildman–Crippen MR) is 68.8 cm³/mol. The number of aromatic nitrogens is 1. The number of benzene rings is 1. The smallest absolute Gasteiger partial charge is 0.124 e. The fourth-order valence-corrected chi connectivity index (χ4v) is 3.36. The summed E-state index contributed by atoms with van der Waals surface area (Å²) in [5, 5.41) is 10.0. The Morgan fingerprint density at radius 3 is 2.83 bits per heavy atom. The highest BCUT2D eigenvalue weighted by Gasteiger charge is 2.47. The summed E-state index contributed by atoms with van der Waals surface area (Å²) in [6.07, 6.45) is 1.82. The van der Waals surface area contributed by atoms with Crippen LogP contribution in [-0.4, -0.2) is 4.98 Å². The number of rotatable bonds is 2. The van der Waals surface area contributed by atoms with E-state index in [2.05, 4.69) is 11.1 Å². The van der Waals surface area contributed by atoms with Crippen molar-refractivity contribution in [3.8, 4) is 16.6 Å². The van der Waals surface area contributed by atoms with E-state index in [4.69, 9.17) is 0 Å². The molecule has 2 nitrogen and oxygen atoms in total. The van der Waals surface area contributed by atoms with Crippen LogP contribution in [0.2, 0.25) is 0 Å². The Morgan fingerprint density at radius 1 is 1.44 bits per heavy atom. The average Bonchev–Trinajstić information content (AvgIpc) is 3.06. The fourth-order valence-electron chi connectivity index (χ4n) is 2.10. The molecule has 0 bridgehead atoms. The van der Waals surface area contributed by atoms with Gasteiger partial charge >= 0.3 is 0 Å². The first-order valence-electron chi connectivity index (χ1n) is 5.80. The maximum atomic E-state index is 13.2. The van der Waals surface area contributed by atoms with Gasteiger partial charge in [0.05, 0.1) is 17.2 Å². The number of aryl methyl sites for hydroxylation is 1. The normalized spacial score (nSPS) is 16.3. The highest BCUT2D eigenvalue weighted by Crippen LogP contribution is 2.51. The lowest BCUT2D eigenvalue weighted by atomic mass is 10.1. The quantitative estimate of drug-likeness (QED) is 0.821. The molecule has 1 heterocycles. The molecule has 1 aliphatic carbocycles. The third-order valence-corrected chi connectivity index (χ3v) is 4.68. The van der Waals surface area contributed by atoms with Crippen molar-refractivity contribution in [2.75, 3.05) is 0 Å². The number of hydrogen-bond acceptors (Lipinski definition) is 3. The van der Waals surface area contributed by atoms with E-state index in [0.29, 0.717) is 0 Å². The molecule has 0 atom stereocenters. The molecule has 3 rings (SSSR count). The van der Waals surface area contributed by atoms with Gasteiger partial charge in [-0.3, -0.25) is 0 Å². The molecule has 1 aliphatic rings. The first-order valence-corrected chi connectivity index (χ1v) is 6.61. The Bertz CT molecular complexity index is 650. The lowest BCUT2D eigenvalue weighted by molar-refractivity contribution is 0.628. The number of hydrogen-bond donors (Lipinski definition) is 0. The summed E-state index contributed by atoms with van der Waals surface area (Å²) >= 11 is 1.52. The van der Waals surface area contributed by atoms with Crippen molar-refractivity contribution in [1.82, 2.24) is 4.98 Å². The third-order valence-electron chi connectivity index (χ3n) is 3.27. The van der Waals surface area contributed by atoms with E-state index < -0.39 is 0 Å². The van der Waals surface area contributed by atoms with Crippen molar-refractivity contribution in [3.05, 3.63) is 40.7 Å². The topological polar surface area (TPSA) is 36.7 Å². The molecule has 18 heavy (non-hydrogen) atoms. The van der Waals surface area contributed by atoms with Gasteiger partial charge in [0.1, 0.15) is 10.8 Å². The zero-order valence-electron chi connectivity index (χ0n) is 9.90. The van der Waals surface area contributed by atoms with Crippen LogP contribution in [0.4, 0.5) is 4.39 Å². The highest BCUT2D eigenvalue weighted by molar-refractivity contribution is 7.15. The summed E-state index contributed by atoms with van der Waals surface area (Å²) in [4.78, 5) is 5.52. The molecule has 90 valence electrons. The third kappa shape index (κ3) is 1.72. The molecule has 0 spiro atoms. The lowest BCUT2D eigenvalue weighted by Gasteiger charge is -2.01. The van der Waals surface area contributed by atoms with Gasteiger partial charge in [-0.2, -0.15) is 5.26 Å². The first kappa shape index (κ1) is 11.4. The van der Waals surface area contributed by atoms with Crippen LogP contribution < -0.4 is 0 Å². The molecular weight excluding hydrogens is 247 g/mol. The molecule has 1 aromatic carbocycles. The van der Waals surface area contributed by atoms with E-state index in [1.807, 2.05) is 13.0 Å². The Morgan fingerprint density at radius 2 is 2.22 bits per heavy atom. The molecule has 0 N–H and O–H groups in total. The Kier molecular flexibility index (Phi) is 2.46. The molecule has 0 amide bonds. The fraction of sp³-hybridized carbons (Fsp3) is 0.286. The zero-order valence-corrected chi connectivity index (χ0v) is 10.7. The summed E-state index contributed by atoms with van der Waals surface area (Å²) in [6.45, 7) is 1.92. The number of nitriles is 1. The Balaban J connectivity index is 2.06. The van der Waals surface area contributed by atoms with Gasteiger partial charge in [0.2, 0.25) is 0 Å². The Hall–Kier alpha value is -1.73. The second kappa shape index (κ2) is 3.89. The van der Waals surface area contributed by atoms with Crippen LogP contribution in [0.15, 0.2) is 24.3 Å². The minimum Gasteiger partial charge on any atom is -0.241 e. The summed E-state index contributed by atoms with van der Waals surface area (Å²) in [5.74, 6) is -0.261. The maximum Gasteiger partial charge on any atom is 0.124 e. The summed E-state index contributed by atoms with van der Waals surface area (Å²) in [5.41, 5.74) is 1.37. The van der Waals surface area contributed by atoms with Gasteiger partial charge < -0.3 is 0 Å². The van der Waals surface area contributed by atoms with Crippen LogP contribution in [0, 0.1) is 24.1 Å². The monoisotopic (exact) mass is 258 g/mol. The van der Waals surface area contributed by atoms with Gasteiger partial charge in [-0.1, -0.05) is 12.1 Å². The van der Waals surface area contributed by atoms with Crippen molar-refractivity contribution in [1.29, 1.82) is 5.26 Å². The van der Waals surface area contributed by atoms with Crippen molar-refractivity contribution in [2.24, 2.45) is 0 Å². The van der Waals surface area contributed by atoms with Crippen molar-refractivity contribution < 1.29 is 4.39 Å². The average molecular weight is 258 g/mol. The molecule has 0 saturated heterocycles. The van der Waals surface area contributed by atoms with Gasteiger partial charge in [0.25, 0.3) is 0 Å². The van der Waals surface area contributed by atoms with E-state index in [1.54, 1.807) is 6.07 Å². The number of thiazole rings is 1. The van der Waals surface area contributed by atoms with Crippen LogP contribution in [0.3, 0.4) is 0 Å². The molecule has 1 saturated carbocycles. The van der Waals surface area contributed by atoms with E-state index in [1.165, 1.54) is 23.5 Å². The number of halogens is 1. The van der Waals surface area contributed by atoms with Crippen LogP contribution in [0.1, 0.15) is 23.4 Å². The minimum absolute atomic E-state index is 0.261. The lowest BCUT2D eigenvalue weighted by Crippen LogP contribution is -2.01. The largest absolute Gasteiger partial charge is 0.241 e. The SMILES string of the molecule is Cc1nc(-c2cccc(F)c2)sc1C1(C#N)CC1. The van der Waals surface area contributed by atoms with Gasteiger partial charge in [-0.15, -0.1) is 11.3 Å². The van der Waals surface area contributed by atoms with Gasteiger partial charge in [-0.05, 0) is 31.9 Å². The zero-order chi connectivity index (χ0) is 12.8. The minimum atomic E-state index is -0.312. The predicted octanol–water partition coefficient (Wildman–Crippen LogP) is 3.81. The molecule has 1 fully saturated rings. The summed E-state index contributed by atoms with van der Waals surface area (Å²) < 4.78 is 13.2. The Labute approximate surface area is 109 Å². The van der Waals surface area contributed by atoms with Crippen LogP contribution >= 0.6 is 11.3 Å². The molecule has 0 radical (unpaired) electrons. The second-order valence-corrected chi connectivity index (χ2v) is 5.64. The molecule has 4 heteroatoms. The molecular formula is C14H11FN2S. The van der Waals surface area contributed by atoms with Crippen molar-refractivity contribution >= 4 is 11.3 Å². The van der Waals surface area contributed by atoms with Crippen molar-refractivity contribution in [3.63, 3.8) is 0 Å². The number of nitrogens with zero attached hydrogens (tertiary/aromatic N) is 2. The van der Waals surface area contributed by atoms with Gasteiger partial charge in [0, 0.05) is 10.4 Å². The van der Waals surface area contributed by atoms with E-state index in [-0.39, 0.29) is 11.2 Å². The summed E-state index contributed by atoms with van der Waals surface area (Å²) in [6, 6.07) is 8.80.